The molecule has 0 aromatic heterocycles. The molecule has 2 aliphatic rings. The number of carbonyl (C=O) groups is 1. The molecule has 2 nitrogen and oxygen atoms in total. The fourth-order valence-electron chi connectivity index (χ4n) is 3.86. The van der Waals surface area contributed by atoms with Crippen molar-refractivity contribution in [2.24, 2.45) is 5.41 Å². The van der Waals surface area contributed by atoms with Gasteiger partial charge in [-0.15, -0.1) is 0 Å². The average molecular weight is 257 g/mol. The second kappa shape index (κ2) is 4.66. The Morgan fingerprint density at radius 1 is 1.16 bits per heavy atom. The van der Waals surface area contributed by atoms with E-state index in [0.29, 0.717) is 17.7 Å². The Kier molecular flexibility index (Phi) is 3.12. The summed E-state index contributed by atoms with van der Waals surface area (Å²) >= 11 is 0. The molecule has 1 saturated heterocycles. The molecule has 1 heterocycles. The van der Waals surface area contributed by atoms with E-state index in [-0.39, 0.29) is 5.41 Å². The third-order valence-corrected chi connectivity index (χ3v) is 5.09. The van der Waals surface area contributed by atoms with Crippen molar-refractivity contribution in [3.8, 4) is 0 Å². The fraction of sp³-hybridized carbons (Fsp3) is 0.588. The molecule has 0 unspecified atom stereocenters. The summed E-state index contributed by atoms with van der Waals surface area (Å²) in [6.45, 7) is 5.25. The van der Waals surface area contributed by atoms with Crippen LogP contribution in [0, 0.1) is 5.41 Å². The van der Waals surface area contributed by atoms with Crippen molar-refractivity contribution in [3.63, 3.8) is 0 Å². The van der Waals surface area contributed by atoms with E-state index >= 15 is 0 Å². The first-order valence-electron chi connectivity index (χ1n) is 7.52. The van der Waals surface area contributed by atoms with Gasteiger partial charge in [0.1, 0.15) is 0 Å². The van der Waals surface area contributed by atoms with Gasteiger partial charge in [0.05, 0.1) is 5.41 Å². The Labute approximate surface area is 115 Å². The molecular formula is C17H23NO. The number of rotatable bonds is 2. The molecule has 1 saturated carbocycles. The minimum Gasteiger partial charge on any atom is -0.355 e. The summed E-state index contributed by atoms with van der Waals surface area (Å²) in [7, 11) is 0. The summed E-state index contributed by atoms with van der Waals surface area (Å²) in [5, 5.41) is 3.10. The summed E-state index contributed by atoms with van der Waals surface area (Å²) in [6, 6.07) is 8.93. The van der Waals surface area contributed by atoms with E-state index in [4.69, 9.17) is 0 Å². The molecule has 3 rings (SSSR count). The predicted octanol–water partition coefficient (Wildman–Crippen LogP) is 3.58. The second-order valence-corrected chi connectivity index (χ2v) is 6.45. The van der Waals surface area contributed by atoms with E-state index in [1.165, 1.54) is 24.0 Å². The van der Waals surface area contributed by atoms with Crippen molar-refractivity contribution in [1.82, 2.24) is 5.32 Å². The Morgan fingerprint density at radius 3 is 2.37 bits per heavy atom. The van der Waals surface area contributed by atoms with Crippen LogP contribution in [0.25, 0.3) is 0 Å². The van der Waals surface area contributed by atoms with Crippen LogP contribution in [0.15, 0.2) is 24.3 Å². The zero-order valence-corrected chi connectivity index (χ0v) is 11.9. The van der Waals surface area contributed by atoms with Crippen LogP contribution in [0.3, 0.4) is 0 Å². The lowest BCUT2D eigenvalue weighted by atomic mass is 9.72. The smallest absolute Gasteiger partial charge is 0.226 e. The van der Waals surface area contributed by atoms with Gasteiger partial charge in [-0.05, 0) is 29.9 Å². The highest BCUT2D eigenvalue weighted by atomic mass is 16.2. The Balaban J connectivity index is 1.91. The van der Waals surface area contributed by atoms with E-state index in [1.807, 2.05) is 0 Å². The molecule has 1 atom stereocenters. The van der Waals surface area contributed by atoms with Gasteiger partial charge in [-0.3, -0.25) is 4.79 Å². The summed E-state index contributed by atoms with van der Waals surface area (Å²) in [5.74, 6) is 1.24. The van der Waals surface area contributed by atoms with Gasteiger partial charge in [0.15, 0.2) is 0 Å². The lowest BCUT2D eigenvalue weighted by Gasteiger charge is -2.28. The third kappa shape index (κ3) is 1.98. The minimum atomic E-state index is -0.0979. The van der Waals surface area contributed by atoms with Crippen molar-refractivity contribution < 1.29 is 4.79 Å². The Morgan fingerprint density at radius 2 is 1.79 bits per heavy atom. The van der Waals surface area contributed by atoms with Crippen LogP contribution in [0.1, 0.15) is 62.5 Å². The normalized spacial score (nSPS) is 25.2. The molecule has 1 spiro atoms. The van der Waals surface area contributed by atoms with Crippen molar-refractivity contribution in [2.75, 3.05) is 6.54 Å². The zero-order valence-electron chi connectivity index (χ0n) is 11.9. The molecule has 1 aromatic carbocycles. The number of hydrogen-bond donors (Lipinski definition) is 1. The molecule has 0 bridgehead atoms. The summed E-state index contributed by atoms with van der Waals surface area (Å²) in [5.41, 5.74) is 2.62. The lowest BCUT2D eigenvalue weighted by Crippen LogP contribution is -2.31. The molecule has 0 radical (unpaired) electrons. The SMILES string of the molecule is CC(C)c1ccc([C@H]2CNC(=O)C23CCCC3)cc1. The number of benzene rings is 1. The first kappa shape index (κ1) is 12.7. The Hall–Kier alpha value is -1.31. The molecule has 1 aliphatic heterocycles. The quantitative estimate of drug-likeness (QED) is 0.862. The molecule has 1 aromatic rings. The summed E-state index contributed by atoms with van der Waals surface area (Å²) in [4.78, 5) is 12.2. The second-order valence-electron chi connectivity index (χ2n) is 6.45. The van der Waals surface area contributed by atoms with Crippen LogP contribution in [0.2, 0.25) is 0 Å². The van der Waals surface area contributed by atoms with E-state index in [2.05, 4.69) is 43.4 Å². The van der Waals surface area contributed by atoms with Crippen LogP contribution < -0.4 is 5.32 Å². The molecule has 102 valence electrons. The van der Waals surface area contributed by atoms with E-state index in [9.17, 15) is 4.79 Å². The number of amides is 1. The highest BCUT2D eigenvalue weighted by Crippen LogP contribution is 2.51. The van der Waals surface area contributed by atoms with Gasteiger partial charge < -0.3 is 5.32 Å². The van der Waals surface area contributed by atoms with Crippen molar-refractivity contribution in [3.05, 3.63) is 35.4 Å². The summed E-state index contributed by atoms with van der Waals surface area (Å²) < 4.78 is 0. The van der Waals surface area contributed by atoms with Gasteiger partial charge in [0, 0.05) is 12.5 Å². The molecule has 2 fully saturated rings. The summed E-state index contributed by atoms with van der Waals surface area (Å²) in [6.07, 6.45) is 4.53. The molecule has 1 N–H and O–H groups in total. The first-order valence-corrected chi connectivity index (χ1v) is 7.52. The van der Waals surface area contributed by atoms with Crippen molar-refractivity contribution in [1.29, 1.82) is 0 Å². The standard InChI is InChI=1S/C17H23NO/c1-12(2)13-5-7-14(8-6-13)15-11-18-16(19)17(15)9-3-4-10-17/h5-8,12,15H,3-4,9-11H2,1-2H3,(H,18,19)/t15-/m1/s1. The van der Waals surface area contributed by atoms with E-state index < -0.39 is 0 Å². The van der Waals surface area contributed by atoms with Gasteiger partial charge in [-0.25, -0.2) is 0 Å². The van der Waals surface area contributed by atoms with Crippen LogP contribution in [0.4, 0.5) is 0 Å². The van der Waals surface area contributed by atoms with Crippen LogP contribution >= 0.6 is 0 Å². The molecule has 2 heteroatoms. The maximum absolute atomic E-state index is 12.2. The maximum atomic E-state index is 12.2. The largest absolute Gasteiger partial charge is 0.355 e. The van der Waals surface area contributed by atoms with Crippen LogP contribution in [0.5, 0.6) is 0 Å². The lowest BCUT2D eigenvalue weighted by molar-refractivity contribution is -0.127. The zero-order chi connectivity index (χ0) is 13.5. The van der Waals surface area contributed by atoms with Gasteiger partial charge in [-0.2, -0.15) is 0 Å². The highest BCUT2D eigenvalue weighted by molar-refractivity contribution is 5.86. The minimum absolute atomic E-state index is 0.0979. The van der Waals surface area contributed by atoms with Crippen LogP contribution in [-0.4, -0.2) is 12.5 Å². The monoisotopic (exact) mass is 257 g/mol. The van der Waals surface area contributed by atoms with Crippen molar-refractivity contribution >= 4 is 5.91 Å². The van der Waals surface area contributed by atoms with Gasteiger partial charge in [-0.1, -0.05) is 51.0 Å². The molecular weight excluding hydrogens is 234 g/mol. The molecule has 19 heavy (non-hydrogen) atoms. The topological polar surface area (TPSA) is 29.1 Å². The number of nitrogens with one attached hydrogen (secondary N) is 1. The third-order valence-electron chi connectivity index (χ3n) is 5.09. The van der Waals surface area contributed by atoms with E-state index in [0.717, 1.165) is 19.4 Å². The van der Waals surface area contributed by atoms with Gasteiger partial charge in [0.2, 0.25) is 5.91 Å². The van der Waals surface area contributed by atoms with Gasteiger partial charge >= 0.3 is 0 Å². The highest BCUT2D eigenvalue weighted by Gasteiger charge is 2.51. The average Bonchev–Trinajstić information content (AvgIpc) is 3.01. The van der Waals surface area contributed by atoms with E-state index in [1.54, 1.807) is 0 Å². The van der Waals surface area contributed by atoms with Crippen LogP contribution in [-0.2, 0) is 4.79 Å². The van der Waals surface area contributed by atoms with Gasteiger partial charge in [0.25, 0.3) is 0 Å². The Bertz CT molecular complexity index is 469. The maximum Gasteiger partial charge on any atom is 0.226 e. The number of carbonyl (C=O) groups excluding carboxylic acids is 1. The molecule has 1 aliphatic carbocycles. The predicted molar refractivity (Wildman–Crippen MR) is 77.2 cm³/mol. The molecule has 1 amide bonds. The first-order chi connectivity index (χ1) is 9.13. The number of hydrogen-bond acceptors (Lipinski definition) is 1. The van der Waals surface area contributed by atoms with Crippen molar-refractivity contribution in [2.45, 2.75) is 51.4 Å². The fourth-order valence-corrected chi connectivity index (χ4v) is 3.86.